The van der Waals surface area contributed by atoms with Crippen LogP contribution >= 0.6 is 34.8 Å². The summed E-state index contributed by atoms with van der Waals surface area (Å²) in [5, 5.41) is 0.696. The van der Waals surface area contributed by atoms with Gasteiger partial charge in [-0.1, -0.05) is 19.6 Å². The summed E-state index contributed by atoms with van der Waals surface area (Å²) in [6, 6.07) is 9.53. The van der Waals surface area contributed by atoms with Crippen LogP contribution in [0.15, 0.2) is 61.2 Å². The maximum Gasteiger partial charge on any atom is 0.451 e. The number of nitrogens with one attached hydrogen (secondary N) is 1. The number of rotatable bonds is 5. The maximum atomic E-state index is 12.4. The predicted molar refractivity (Wildman–Crippen MR) is 162 cm³/mol. The van der Waals surface area contributed by atoms with Gasteiger partial charge in [0.05, 0.1) is 11.4 Å². The Morgan fingerprint density at radius 1 is 0.739 bits per heavy atom. The Bertz CT molecular complexity index is 1570. The molecule has 0 saturated heterocycles. The zero-order chi connectivity index (χ0) is 33.9. The van der Waals surface area contributed by atoms with Crippen molar-refractivity contribution in [2.75, 3.05) is 11.1 Å². The third-order valence-electron chi connectivity index (χ3n) is 4.85. The summed E-state index contributed by atoms with van der Waals surface area (Å²) in [6.07, 6.45) is -4.96. The summed E-state index contributed by atoms with van der Waals surface area (Å²) < 4.78 is 73.9. The van der Waals surface area contributed by atoms with Gasteiger partial charge in [-0.3, -0.25) is 9.59 Å². The van der Waals surface area contributed by atoms with Crippen molar-refractivity contribution in [2.45, 2.75) is 44.4 Å². The number of hydrogen-bond acceptors (Lipinski definition) is 9. The highest BCUT2D eigenvalue weighted by molar-refractivity contribution is 6.69. The number of amides is 1. The summed E-state index contributed by atoms with van der Waals surface area (Å²) in [6.45, 7) is 3.03. The van der Waals surface area contributed by atoms with Crippen molar-refractivity contribution < 1.29 is 35.9 Å². The molecule has 10 nitrogen and oxygen atoms in total. The first-order chi connectivity index (χ1) is 20.9. The third-order valence-corrected chi connectivity index (χ3v) is 5.68. The lowest BCUT2D eigenvalue weighted by Crippen LogP contribution is -2.20. The lowest BCUT2D eigenvalue weighted by molar-refractivity contribution is -0.145. The summed E-state index contributed by atoms with van der Waals surface area (Å²) in [5.74, 6) is -2.32. The Morgan fingerprint density at radius 3 is 1.48 bits per heavy atom. The van der Waals surface area contributed by atoms with E-state index in [1.165, 1.54) is 19.9 Å². The topological polar surface area (TPSA) is 150 Å². The van der Waals surface area contributed by atoms with Gasteiger partial charge in [0.2, 0.25) is 22.8 Å². The number of carbonyl (C=O) groups excluding carboxylic acids is 2. The minimum atomic E-state index is -4.60. The van der Waals surface area contributed by atoms with E-state index >= 15 is 0 Å². The van der Waals surface area contributed by atoms with E-state index < -0.39 is 45.9 Å². The largest absolute Gasteiger partial charge is 0.451 e. The average Bonchev–Trinajstić information content (AvgIpc) is 2.97. The lowest BCUT2D eigenvalue weighted by Gasteiger charge is -2.08. The second-order valence-electron chi connectivity index (χ2n) is 8.47. The second-order valence-corrected chi connectivity index (χ2v) is 10.1. The molecule has 19 heteroatoms. The first-order valence-corrected chi connectivity index (χ1v) is 13.4. The number of nitrogen functional groups attached to an aromatic ring is 1. The number of nitrogens with zero attached hydrogens (tertiary/aromatic N) is 6. The van der Waals surface area contributed by atoms with Crippen molar-refractivity contribution in [1.82, 2.24) is 29.9 Å². The number of anilines is 2. The van der Waals surface area contributed by atoms with Crippen molar-refractivity contribution in [3.05, 3.63) is 72.8 Å². The van der Waals surface area contributed by atoms with Crippen LogP contribution in [0.3, 0.4) is 0 Å². The number of nitrogens with two attached hydrogens (primary N) is 1. The molecule has 46 heavy (non-hydrogen) atoms. The Labute approximate surface area is 273 Å². The molecule has 0 aliphatic carbocycles. The lowest BCUT2D eigenvalue weighted by atomic mass is 10.2. The Hall–Kier alpha value is -4.15. The van der Waals surface area contributed by atoms with E-state index in [0.717, 1.165) is 24.8 Å². The van der Waals surface area contributed by atoms with E-state index in [2.05, 4.69) is 35.2 Å². The number of carbonyl (C=O) groups is 2. The van der Waals surface area contributed by atoms with Crippen LogP contribution in [0, 0.1) is 0 Å². The highest BCUT2D eigenvalue weighted by atomic mass is 35.5. The number of halogens is 9. The van der Waals surface area contributed by atoms with Crippen LogP contribution in [0.5, 0.6) is 0 Å². The molecule has 4 aromatic heterocycles. The number of pyridine rings is 2. The first-order valence-electron chi connectivity index (χ1n) is 12.2. The van der Waals surface area contributed by atoms with E-state index in [9.17, 15) is 35.9 Å². The molecule has 0 fully saturated rings. The van der Waals surface area contributed by atoms with Gasteiger partial charge in [-0.15, -0.1) is 23.2 Å². The van der Waals surface area contributed by atoms with Crippen molar-refractivity contribution in [3.63, 3.8) is 0 Å². The van der Waals surface area contributed by atoms with Gasteiger partial charge in [-0.05, 0) is 49.7 Å². The minimum Gasteiger partial charge on any atom is -0.384 e. The van der Waals surface area contributed by atoms with Crippen molar-refractivity contribution in [3.8, 4) is 22.5 Å². The van der Waals surface area contributed by atoms with Crippen LogP contribution in [-0.4, -0.2) is 51.8 Å². The molecule has 0 aromatic carbocycles. The van der Waals surface area contributed by atoms with E-state index in [0.29, 0.717) is 22.5 Å². The van der Waals surface area contributed by atoms with Gasteiger partial charge in [0, 0.05) is 35.9 Å². The zero-order valence-corrected chi connectivity index (χ0v) is 25.2. The van der Waals surface area contributed by atoms with Crippen LogP contribution in [0.2, 0.25) is 0 Å². The van der Waals surface area contributed by atoms with Gasteiger partial charge in [0.1, 0.15) is 22.4 Å². The number of alkyl halides is 8. The van der Waals surface area contributed by atoms with Gasteiger partial charge in [-0.2, -0.15) is 26.3 Å². The van der Waals surface area contributed by atoms with Crippen molar-refractivity contribution in [2.24, 2.45) is 0 Å². The Kier molecular flexibility index (Phi) is 15.2. The molecule has 0 saturated carbocycles. The molecular formula is C27H25Cl3F6N8O2. The maximum absolute atomic E-state index is 12.4. The normalized spacial score (nSPS) is 12.2. The van der Waals surface area contributed by atoms with Gasteiger partial charge in [0.15, 0.2) is 0 Å². The fourth-order valence-electron chi connectivity index (χ4n) is 2.72. The summed E-state index contributed by atoms with van der Waals surface area (Å²) >= 11 is 15.6. The highest BCUT2D eigenvalue weighted by Crippen LogP contribution is 2.28. The van der Waals surface area contributed by atoms with E-state index in [1.54, 1.807) is 30.3 Å². The van der Waals surface area contributed by atoms with E-state index in [1.807, 2.05) is 0 Å². The fourth-order valence-corrected chi connectivity index (χ4v) is 2.77. The molecule has 4 heterocycles. The minimum absolute atomic E-state index is 0. The highest BCUT2D eigenvalue weighted by Gasteiger charge is 2.35. The van der Waals surface area contributed by atoms with Crippen LogP contribution in [0.1, 0.15) is 32.9 Å². The molecule has 0 radical (unpaired) electrons. The van der Waals surface area contributed by atoms with Crippen molar-refractivity contribution in [1.29, 1.82) is 0 Å². The van der Waals surface area contributed by atoms with E-state index in [-0.39, 0.29) is 19.1 Å². The standard InChI is InChI=1S/C13H10ClF3N4O.C10H7F3N4.C3H4Cl2O.CH4/c1-7(14)11(22)21-10-4-2-3-9(20-10)8-5-18-12(19-6-8)13(15,16)17;11-10(12,13)9-15-4-6(5-16-9)7-2-1-3-8(14)17-7;1-2(4)3(5)6;/h2-7H,1H3,(H,20,21,22);1-5H,(H2,14,17);2H,1H3;1H4. The van der Waals surface area contributed by atoms with Crippen LogP contribution in [-0.2, 0) is 21.9 Å². The molecule has 0 bridgehead atoms. The molecule has 3 N–H and O–H groups in total. The molecule has 0 aliphatic rings. The smallest absolute Gasteiger partial charge is 0.384 e. The molecule has 4 aromatic rings. The molecule has 2 unspecified atom stereocenters. The summed E-state index contributed by atoms with van der Waals surface area (Å²) in [4.78, 5) is 42.3. The Morgan fingerprint density at radius 2 is 1.13 bits per heavy atom. The molecule has 4 rings (SSSR count). The zero-order valence-electron chi connectivity index (χ0n) is 22.9. The fraction of sp³-hybridized carbons (Fsp3) is 0.259. The molecular weight excluding hydrogens is 689 g/mol. The monoisotopic (exact) mass is 712 g/mol. The predicted octanol–water partition coefficient (Wildman–Crippen LogP) is 7.28. The van der Waals surface area contributed by atoms with Gasteiger partial charge in [-0.25, -0.2) is 29.9 Å². The van der Waals surface area contributed by atoms with Crippen LogP contribution < -0.4 is 11.1 Å². The van der Waals surface area contributed by atoms with Crippen LogP contribution in [0.25, 0.3) is 22.5 Å². The molecule has 0 aliphatic heterocycles. The summed E-state index contributed by atoms with van der Waals surface area (Å²) in [5.41, 5.74) is 6.89. The SMILES string of the molecule is C.CC(Cl)C(=O)Cl.CC(Cl)C(=O)Nc1cccc(-c2cnc(C(F)(F)F)nc2)n1.Nc1cccc(-c2cnc(C(F)(F)F)nc2)n1. The quantitative estimate of drug-likeness (QED) is 0.124. The molecule has 248 valence electrons. The average molecular weight is 714 g/mol. The van der Waals surface area contributed by atoms with Gasteiger partial charge >= 0.3 is 12.4 Å². The van der Waals surface area contributed by atoms with E-state index in [4.69, 9.17) is 40.5 Å². The third kappa shape index (κ3) is 13.1. The van der Waals surface area contributed by atoms with Crippen molar-refractivity contribution >= 4 is 57.6 Å². The van der Waals surface area contributed by atoms with Crippen LogP contribution in [0.4, 0.5) is 38.0 Å². The first kappa shape index (κ1) is 39.9. The van der Waals surface area contributed by atoms with Gasteiger partial charge in [0.25, 0.3) is 0 Å². The number of aromatic nitrogens is 6. The molecule has 2 atom stereocenters. The summed E-state index contributed by atoms with van der Waals surface area (Å²) in [7, 11) is 0. The van der Waals surface area contributed by atoms with Gasteiger partial charge < -0.3 is 11.1 Å². The second kappa shape index (κ2) is 17.5. The number of hydrogen-bond donors (Lipinski definition) is 2. The Balaban J connectivity index is 0.000000392. The molecule has 1 amide bonds. The molecule has 0 spiro atoms.